The Morgan fingerprint density at radius 2 is 2.20 bits per heavy atom. The lowest BCUT2D eigenvalue weighted by Crippen LogP contribution is -2.34. The summed E-state index contributed by atoms with van der Waals surface area (Å²) in [5.41, 5.74) is 4.04. The van der Waals surface area contributed by atoms with E-state index in [1.165, 1.54) is 4.57 Å². The van der Waals surface area contributed by atoms with Gasteiger partial charge in [-0.15, -0.1) is 0 Å². The van der Waals surface area contributed by atoms with Gasteiger partial charge in [0.15, 0.2) is 5.56 Å². The molecule has 0 saturated carbocycles. The number of primary amides is 1. The number of nitrogens with two attached hydrogens (primary N) is 1. The summed E-state index contributed by atoms with van der Waals surface area (Å²) in [5.74, 6) is -0.972. The summed E-state index contributed by atoms with van der Waals surface area (Å²) < 4.78 is 1.41. The van der Waals surface area contributed by atoms with Crippen molar-refractivity contribution in [1.82, 2.24) is 9.55 Å². The van der Waals surface area contributed by atoms with Crippen LogP contribution in [-0.4, -0.2) is 20.6 Å². The fraction of sp³-hybridized carbons (Fsp3) is 0.444. The quantitative estimate of drug-likeness (QED) is 0.644. The maximum Gasteiger partial charge on any atom is 0.270 e. The Bertz CT molecular complexity index is 478. The van der Waals surface area contributed by atoms with E-state index in [-0.39, 0.29) is 0 Å². The highest BCUT2D eigenvalue weighted by Crippen LogP contribution is 2.15. The van der Waals surface area contributed by atoms with Crippen LogP contribution in [0.25, 0.3) is 0 Å². The van der Waals surface area contributed by atoms with Crippen LogP contribution in [0.1, 0.15) is 29.0 Å². The second-order valence-electron chi connectivity index (χ2n) is 3.50. The third-order valence-corrected chi connectivity index (χ3v) is 2.51. The van der Waals surface area contributed by atoms with Gasteiger partial charge in [0.2, 0.25) is 5.88 Å². The van der Waals surface area contributed by atoms with Crippen molar-refractivity contribution in [2.75, 3.05) is 0 Å². The first kappa shape index (κ1) is 9.70. The van der Waals surface area contributed by atoms with Crippen LogP contribution >= 0.6 is 0 Å². The van der Waals surface area contributed by atoms with Crippen molar-refractivity contribution in [1.29, 1.82) is 0 Å². The summed E-state index contributed by atoms with van der Waals surface area (Å²) in [4.78, 5) is 26.5. The molecule has 2 heterocycles. The minimum atomic E-state index is -0.939. The average Bonchev–Trinajstić information content (AvgIpc) is 2.17. The van der Waals surface area contributed by atoms with Crippen LogP contribution in [0.3, 0.4) is 0 Å². The van der Waals surface area contributed by atoms with Gasteiger partial charge in [-0.3, -0.25) is 14.2 Å². The number of fused-ring (bicyclic) bond motifs is 1. The number of carbonyl (C=O) groups is 1. The topological polar surface area (TPSA) is 98.2 Å². The second kappa shape index (κ2) is 3.38. The van der Waals surface area contributed by atoms with Crippen molar-refractivity contribution < 1.29 is 9.90 Å². The van der Waals surface area contributed by atoms with Gasteiger partial charge in [-0.05, 0) is 12.8 Å². The zero-order chi connectivity index (χ0) is 11.0. The Labute approximate surface area is 85.4 Å². The monoisotopic (exact) mass is 209 g/mol. The Morgan fingerprint density at radius 3 is 2.87 bits per heavy atom. The highest BCUT2D eigenvalue weighted by atomic mass is 16.3. The van der Waals surface area contributed by atoms with E-state index >= 15 is 0 Å². The molecule has 0 atom stereocenters. The molecule has 15 heavy (non-hydrogen) atoms. The Kier molecular flexibility index (Phi) is 2.18. The van der Waals surface area contributed by atoms with E-state index in [1.807, 2.05) is 0 Å². The summed E-state index contributed by atoms with van der Waals surface area (Å²) in [6.07, 6.45) is 2.45. The Hall–Kier alpha value is -1.85. The van der Waals surface area contributed by atoms with Gasteiger partial charge in [-0.1, -0.05) is 0 Å². The van der Waals surface area contributed by atoms with E-state index in [2.05, 4.69) is 4.98 Å². The van der Waals surface area contributed by atoms with Gasteiger partial charge in [-0.25, -0.2) is 0 Å². The smallest absolute Gasteiger partial charge is 0.270 e. The molecule has 0 aliphatic carbocycles. The molecular formula is C9H11N3O3. The largest absolute Gasteiger partial charge is 0.493 e. The predicted molar refractivity (Wildman–Crippen MR) is 51.6 cm³/mol. The molecule has 1 aliphatic heterocycles. The third kappa shape index (κ3) is 1.47. The zero-order valence-electron chi connectivity index (χ0n) is 8.06. The van der Waals surface area contributed by atoms with Gasteiger partial charge in [0.1, 0.15) is 5.82 Å². The fourth-order valence-corrected chi connectivity index (χ4v) is 1.78. The van der Waals surface area contributed by atoms with Gasteiger partial charge < -0.3 is 10.8 Å². The van der Waals surface area contributed by atoms with Crippen molar-refractivity contribution in [3.8, 4) is 5.88 Å². The van der Waals surface area contributed by atoms with Gasteiger partial charge in [0.25, 0.3) is 11.5 Å². The van der Waals surface area contributed by atoms with E-state index in [0.29, 0.717) is 18.8 Å². The van der Waals surface area contributed by atoms with E-state index in [9.17, 15) is 14.7 Å². The number of aryl methyl sites for hydroxylation is 1. The second-order valence-corrected chi connectivity index (χ2v) is 3.50. The number of rotatable bonds is 1. The lowest BCUT2D eigenvalue weighted by atomic mass is 10.1. The summed E-state index contributed by atoms with van der Waals surface area (Å²) in [5, 5.41) is 9.39. The van der Waals surface area contributed by atoms with Gasteiger partial charge >= 0.3 is 0 Å². The van der Waals surface area contributed by atoms with Crippen LogP contribution in [-0.2, 0) is 13.0 Å². The number of nitrogens with zero attached hydrogens (tertiary/aromatic N) is 2. The van der Waals surface area contributed by atoms with Crippen molar-refractivity contribution in [2.45, 2.75) is 25.8 Å². The normalized spacial score (nSPS) is 14.7. The molecule has 2 rings (SSSR count). The molecule has 3 N–H and O–H groups in total. The van der Waals surface area contributed by atoms with Crippen molar-refractivity contribution in [2.24, 2.45) is 5.73 Å². The van der Waals surface area contributed by atoms with E-state index < -0.39 is 22.9 Å². The van der Waals surface area contributed by atoms with Crippen LogP contribution < -0.4 is 11.3 Å². The van der Waals surface area contributed by atoms with Crippen LogP contribution in [0, 0.1) is 0 Å². The fourth-order valence-electron chi connectivity index (χ4n) is 1.78. The van der Waals surface area contributed by atoms with E-state index in [4.69, 9.17) is 5.73 Å². The van der Waals surface area contributed by atoms with E-state index in [0.717, 1.165) is 12.8 Å². The van der Waals surface area contributed by atoms with Crippen molar-refractivity contribution in [3.05, 3.63) is 21.7 Å². The van der Waals surface area contributed by atoms with Gasteiger partial charge in [0.05, 0.1) is 0 Å². The number of amides is 1. The number of aromatic nitrogens is 2. The maximum absolute atomic E-state index is 11.7. The highest BCUT2D eigenvalue weighted by molar-refractivity contribution is 5.94. The first-order valence-corrected chi connectivity index (χ1v) is 4.73. The maximum atomic E-state index is 11.7. The third-order valence-electron chi connectivity index (χ3n) is 2.51. The molecule has 1 amide bonds. The molecule has 0 saturated heterocycles. The zero-order valence-corrected chi connectivity index (χ0v) is 8.06. The minimum Gasteiger partial charge on any atom is -0.493 e. The Balaban J connectivity index is 2.70. The molecule has 0 aromatic carbocycles. The molecule has 0 bridgehead atoms. The summed E-state index contributed by atoms with van der Waals surface area (Å²) >= 11 is 0. The molecule has 6 heteroatoms. The average molecular weight is 209 g/mol. The molecule has 0 unspecified atom stereocenters. The lowest BCUT2D eigenvalue weighted by Gasteiger charge is -2.17. The standard InChI is InChI=1S/C9H11N3O3/c10-7(13)6-8(14)11-5-3-1-2-4-12(5)9(6)15/h14H,1-4H2,(H2,10,13). The molecule has 1 aromatic rings. The first-order valence-electron chi connectivity index (χ1n) is 4.73. The lowest BCUT2D eigenvalue weighted by molar-refractivity contribution is 0.0994. The predicted octanol–water partition coefficient (Wildman–Crippen LogP) is -0.616. The minimum absolute atomic E-state index is 0.416. The number of hydrogen-bond acceptors (Lipinski definition) is 4. The summed E-state index contributed by atoms with van der Waals surface area (Å²) in [7, 11) is 0. The number of aromatic hydroxyl groups is 1. The Morgan fingerprint density at radius 1 is 1.47 bits per heavy atom. The SMILES string of the molecule is NC(=O)c1c(O)nc2n(c1=O)CCCC2. The molecular weight excluding hydrogens is 198 g/mol. The van der Waals surface area contributed by atoms with E-state index in [1.54, 1.807) is 0 Å². The summed E-state index contributed by atoms with van der Waals surface area (Å²) in [6, 6.07) is 0. The molecule has 0 spiro atoms. The van der Waals surface area contributed by atoms with Gasteiger partial charge in [-0.2, -0.15) is 4.98 Å². The molecule has 6 nitrogen and oxygen atoms in total. The van der Waals surface area contributed by atoms with Crippen LogP contribution in [0.4, 0.5) is 0 Å². The molecule has 0 radical (unpaired) electrons. The first-order chi connectivity index (χ1) is 7.11. The summed E-state index contributed by atoms with van der Waals surface area (Å²) in [6.45, 7) is 0.529. The number of carbonyl (C=O) groups excluding carboxylic acids is 1. The molecule has 0 fully saturated rings. The highest BCUT2D eigenvalue weighted by Gasteiger charge is 2.21. The van der Waals surface area contributed by atoms with Crippen molar-refractivity contribution in [3.63, 3.8) is 0 Å². The van der Waals surface area contributed by atoms with Gasteiger partial charge in [0, 0.05) is 13.0 Å². The van der Waals surface area contributed by atoms with Crippen LogP contribution in [0.2, 0.25) is 0 Å². The van der Waals surface area contributed by atoms with Crippen molar-refractivity contribution >= 4 is 5.91 Å². The number of hydrogen-bond donors (Lipinski definition) is 2. The van der Waals surface area contributed by atoms with Crippen LogP contribution in [0.15, 0.2) is 4.79 Å². The molecule has 80 valence electrons. The molecule has 1 aliphatic rings. The van der Waals surface area contributed by atoms with Crippen LogP contribution in [0.5, 0.6) is 5.88 Å². The molecule has 1 aromatic heterocycles.